The molecule has 1 unspecified atom stereocenters. The largest absolute Gasteiger partial charge is 0.331 e. The quantitative estimate of drug-likeness (QED) is 0.529. The summed E-state index contributed by atoms with van der Waals surface area (Å²) in [4.78, 5) is 45.4. The molecule has 1 aromatic heterocycles. The number of thiazole rings is 1. The van der Waals surface area contributed by atoms with Gasteiger partial charge in [0.05, 0.1) is 5.69 Å². The summed E-state index contributed by atoms with van der Waals surface area (Å²) in [6, 6.07) is 18.0. The van der Waals surface area contributed by atoms with Crippen LogP contribution in [-0.4, -0.2) is 40.1 Å². The lowest BCUT2D eigenvalue weighted by molar-refractivity contribution is -0.136. The molecule has 1 saturated heterocycles. The van der Waals surface area contributed by atoms with Crippen molar-refractivity contribution in [2.24, 2.45) is 0 Å². The van der Waals surface area contributed by atoms with Crippen molar-refractivity contribution < 1.29 is 14.4 Å². The number of amides is 2. The second-order valence-electron chi connectivity index (χ2n) is 7.74. The molecule has 2 aromatic carbocycles. The first kappa shape index (κ1) is 21.9. The predicted octanol–water partition coefficient (Wildman–Crippen LogP) is 4.77. The average molecular weight is 448 g/mol. The number of hydrogen-bond donors (Lipinski definition) is 1. The van der Waals surface area contributed by atoms with Gasteiger partial charge in [0, 0.05) is 24.1 Å². The minimum absolute atomic E-state index is 0.00853. The third-order valence-electron chi connectivity index (χ3n) is 5.49. The SMILES string of the molecule is CCCC(=O)N1CCCC1C(=O)Nc1nc(-c2ccccc2)c(C(=O)c2ccccc2)s1. The van der Waals surface area contributed by atoms with Crippen LogP contribution in [0, 0.1) is 0 Å². The highest BCUT2D eigenvalue weighted by Crippen LogP contribution is 2.33. The molecule has 0 spiro atoms. The van der Waals surface area contributed by atoms with Gasteiger partial charge >= 0.3 is 0 Å². The molecule has 164 valence electrons. The fourth-order valence-electron chi connectivity index (χ4n) is 3.92. The van der Waals surface area contributed by atoms with E-state index in [9.17, 15) is 14.4 Å². The molecule has 0 aliphatic carbocycles. The zero-order chi connectivity index (χ0) is 22.5. The number of anilines is 1. The predicted molar refractivity (Wildman–Crippen MR) is 126 cm³/mol. The molecular formula is C25H25N3O3S. The Morgan fingerprint density at radius 2 is 1.75 bits per heavy atom. The Bertz CT molecular complexity index is 1110. The highest BCUT2D eigenvalue weighted by Gasteiger charge is 2.34. The number of ketones is 1. The van der Waals surface area contributed by atoms with Crippen LogP contribution in [0.4, 0.5) is 5.13 Å². The molecular weight excluding hydrogens is 422 g/mol. The van der Waals surface area contributed by atoms with Gasteiger partial charge in [-0.1, -0.05) is 78.9 Å². The van der Waals surface area contributed by atoms with E-state index in [2.05, 4.69) is 10.3 Å². The number of hydrogen-bond acceptors (Lipinski definition) is 5. The van der Waals surface area contributed by atoms with Crippen molar-refractivity contribution in [3.05, 3.63) is 71.1 Å². The Kier molecular flexibility index (Phi) is 6.75. The molecule has 6 nitrogen and oxygen atoms in total. The maximum atomic E-state index is 13.2. The van der Waals surface area contributed by atoms with Crippen molar-refractivity contribution in [2.45, 2.75) is 38.6 Å². The van der Waals surface area contributed by atoms with Crippen LogP contribution in [0.3, 0.4) is 0 Å². The van der Waals surface area contributed by atoms with Crippen LogP contribution in [0.2, 0.25) is 0 Å². The Morgan fingerprint density at radius 1 is 1.06 bits per heavy atom. The summed E-state index contributed by atoms with van der Waals surface area (Å²) < 4.78 is 0. The number of nitrogens with zero attached hydrogens (tertiary/aromatic N) is 2. The van der Waals surface area contributed by atoms with Crippen molar-refractivity contribution in [2.75, 3.05) is 11.9 Å². The van der Waals surface area contributed by atoms with E-state index in [0.717, 1.165) is 18.4 Å². The van der Waals surface area contributed by atoms with Gasteiger partial charge in [-0.2, -0.15) is 0 Å². The number of benzene rings is 2. The molecule has 2 heterocycles. The van der Waals surface area contributed by atoms with Gasteiger partial charge in [0.25, 0.3) is 0 Å². The van der Waals surface area contributed by atoms with E-state index in [1.54, 1.807) is 17.0 Å². The van der Waals surface area contributed by atoms with Crippen molar-refractivity contribution in [3.63, 3.8) is 0 Å². The van der Waals surface area contributed by atoms with Gasteiger partial charge in [-0.3, -0.25) is 14.4 Å². The number of likely N-dealkylation sites (tertiary alicyclic amines) is 1. The fourth-order valence-corrected chi connectivity index (χ4v) is 4.88. The zero-order valence-electron chi connectivity index (χ0n) is 17.9. The maximum absolute atomic E-state index is 13.2. The Morgan fingerprint density at radius 3 is 2.44 bits per heavy atom. The molecule has 3 aromatic rings. The summed E-state index contributed by atoms with van der Waals surface area (Å²) in [5.74, 6) is -0.378. The fraction of sp³-hybridized carbons (Fsp3) is 0.280. The summed E-state index contributed by atoms with van der Waals surface area (Å²) in [6.07, 6.45) is 2.63. The van der Waals surface area contributed by atoms with Crippen LogP contribution in [0.25, 0.3) is 11.3 Å². The van der Waals surface area contributed by atoms with E-state index < -0.39 is 6.04 Å². The average Bonchev–Trinajstić information content (AvgIpc) is 3.48. The molecule has 0 radical (unpaired) electrons. The van der Waals surface area contributed by atoms with Crippen LogP contribution in [0.1, 0.15) is 47.8 Å². The molecule has 2 amide bonds. The van der Waals surface area contributed by atoms with Gasteiger partial charge in [0.1, 0.15) is 10.9 Å². The van der Waals surface area contributed by atoms with Crippen LogP contribution >= 0.6 is 11.3 Å². The molecule has 0 bridgehead atoms. The first-order valence-electron chi connectivity index (χ1n) is 10.8. The zero-order valence-corrected chi connectivity index (χ0v) is 18.7. The van der Waals surface area contributed by atoms with E-state index in [1.807, 2.05) is 55.5 Å². The molecule has 0 saturated carbocycles. The normalized spacial score (nSPS) is 15.5. The number of carbonyl (C=O) groups excluding carboxylic acids is 3. The summed E-state index contributed by atoms with van der Waals surface area (Å²) in [5.41, 5.74) is 1.92. The first-order chi connectivity index (χ1) is 15.6. The topological polar surface area (TPSA) is 79.4 Å². The molecule has 1 fully saturated rings. The summed E-state index contributed by atoms with van der Waals surface area (Å²) in [7, 11) is 0. The Labute approximate surface area is 191 Å². The lowest BCUT2D eigenvalue weighted by atomic mass is 10.1. The van der Waals surface area contributed by atoms with Gasteiger partial charge in [0.15, 0.2) is 5.13 Å². The van der Waals surface area contributed by atoms with Crippen LogP contribution in [-0.2, 0) is 9.59 Å². The van der Waals surface area contributed by atoms with E-state index in [-0.39, 0.29) is 17.6 Å². The molecule has 1 atom stereocenters. The minimum Gasteiger partial charge on any atom is -0.331 e. The van der Waals surface area contributed by atoms with Gasteiger partial charge in [-0.05, 0) is 19.3 Å². The van der Waals surface area contributed by atoms with Crippen molar-refractivity contribution in [1.82, 2.24) is 9.88 Å². The summed E-state index contributed by atoms with van der Waals surface area (Å²) >= 11 is 1.17. The minimum atomic E-state index is -0.494. The van der Waals surface area contributed by atoms with Crippen molar-refractivity contribution >= 4 is 34.1 Å². The van der Waals surface area contributed by atoms with Crippen LogP contribution in [0.15, 0.2) is 60.7 Å². The van der Waals surface area contributed by atoms with Crippen LogP contribution < -0.4 is 5.32 Å². The molecule has 1 N–H and O–H groups in total. The van der Waals surface area contributed by atoms with Crippen LogP contribution in [0.5, 0.6) is 0 Å². The van der Waals surface area contributed by atoms with Crippen molar-refractivity contribution in [3.8, 4) is 11.3 Å². The molecule has 32 heavy (non-hydrogen) atoms. The first-order valence-corrected chi connectivity index (χ1v) is 11.7. The second-order valence-corrected chi connectivity index (χ2v) is 8.74. The smallest absolute Gasteiger partial charge is 0.248 e. The third kappa shape index (κ3) is 4.62. The highest BCUT2D eigenvalue weighted by atomic mass is 32.1. The van der Waals surface area contributed by atoms with Gasteiger partial charge in [0.2, 0.25) is 17.6 Å². The van der Waals surface area contributed by atoms with E-state index in [4.69, 9.17) is 0 Å². The standard InChI is InChI=1S/C25H25N3O3S/c1-2-10-20(29)28-16-9-15-19(28)24(31)27-25-26-21(17-11-5-3-6-12-17)23(32-25)22(30)18-13-7-4-8-14-18/h3-8,11-14,19H,2,9-10,15-16H2,1H3,(H,26,27,31). The van der Waals surface area contributed by atoms with Gasteiger partial charge < -0.3 is 10.2 Å². The lowest BCUT2D eigenvalue weighted by Crippen LogP contribution is -2.43. The number of nitrogens with one attached hydrogen (secondary N) is 1. The number of carbonyl (C=O) groups is 3. The van der Waals surface area contributed by atoms with Gasteiger partial charge in [-0.15, -0.1) is 0 Å². The Balaban J connectivity index is 1.62. The lowest BCUT2D eigenvalue weighted by Gasteiger charge is -2.23. The summed E-state index contributed by atoms with van der Waals surface area (Å²) in [5, 5.41) is 3.23. The monoisotopic (exact) mass is 447 g/mol. The summed E-state index contributed by atoms with van der Waals surface area (Å²) in [6.45, 7) is 2.55. The third-order valence-corrected chi connectivity index (χ3v) is 6.46. The van der Waals surface area contributed by atoms with E-state index in [0.29, 0.717) is 40.7 Å². The van der Waals surface area contributed by atoms with Gasteiger partial charge in [-0.25, -0.2) is 4.98 Å². The van der Waals surface area contributed by atoms with Crippen molar-refractivity contribution in [1.29, 1.82) is 0 Å². The molecule has 7 heteroatoms. The highest BCUT2D eigenvalue weighted by molar-refractivity contribution is 7.18. The Hall–Kier alpha value is -3.32. The molecule has 4 rings (SSSR count). The second kappa shape index (κ2) is 9.87. The number of rotatable bonds is 7. The molecule has 1 aliphatic heterocycles. The van der Waals surface area contributed by atoms with E-state index in [1.165, 1.54) is 11.3 Å². The maximum Gasteiger partial charge on any atom is 0.248 e. The molecule has 1 aliphatic rings. The van der Waals surface area contributed by atoms with E-state index >= 15 is 0 Å². The number of aromatic nitrogens is 1.